The molecule has 0 aliphatic rings. The minimum absolute atomic E-state index is 0.432. The molecule has 0 atom stereocenters. The Labute approximate surface area is 145 Å². The number of amidine groups is 1. The number of hydrogen-bond donors (Lipinski definition) is 0. The van der Waals surface area contributed by atoms with Crippen LogP contribution in [0.25, 0.3) is 0 Å². The minimum atomic E-state index is -4.36. The van der Waals surface area contributed by atoms with Crippen LogP contribution in [-0.4, -0.2) is 24.9 Å². The summed E-state index contributed by atoms with van der Waals surface area (Å²) in [5, 5.41) is 0. The summed E-state index contributed by atoms with van der Waals surface area (Å²) in [6.45, 7) is 4.22. The Bertz CT molecular complexity index is 752. The number of rotatable bonds is 5. The van der Waals surface area contributed by atoms with E-state index in [-0.39, 0.29) is 0 Å². The number of ether oxygens (including phenoxy) is 1. The first-order valence-electron chi connectivity index (χ1n) is 7.56. The molecule has 0 spiro atoms. The third-order valence-electron chi connectivity index (χ3n) is 3.71. The van der Waals surface area contributed by atoms with Crippen LogP contribution in [0.2, 0.25) is 0 Å². The van der Waals surface area contributed by atoms with Gasteiger partial charge in [0.2, 0.25) is 0 Å². The van der Waals surface area contributed by atoms with Gasteiger partial charge in [-0.05, 0) is 24.4 Å². The number of hydrogen-bond acceptors (Lipinski definition) is 2. The summed E-state index contributed by atoms with van der Waals surface area (Å²) >= 11 is 0. The lowest BCUT2D eigenvalue weighted by molar-refractivity contribution is -0.137. The molecule has 0 aromatic heterocycles. The fourth-order valence-electron chi connectivity index (χ4n) is 2.47. The molecule has 25 heavy (non-hydrogen) atoms. The first kappa shape index (κ1) is 18.6. The molecule has 0 heterocycles. The highest BCUT2D eigenvalue weighted by atomic mass is 19.4. The molecule has 0 N–H and O–H groups in total. The number of methoxy groups -OCH3 is 1. The van der Waals surface area contributed by atoms with Crippen molar-refractivity contribution in [1.29, 1.82) is 0 Å². The van der Waals surface area contributed by atoms with E-state index in [9.17, 15) is 13.2 Å². The van der Waals surface area contributed by atoms with Gasteiger partial charge in [-0.3, -0.25) is 4.99 Å². The molecule has 6 heteroatoms. The summed E-state index contributed by atoms with van der Waals surface area (Å²) in [6.07, 6.45) is -2.77. The molecular formula is C19H19F3N2O. The molecule has 0 amide bonds. The second-order valence-electron chi connectivity index (χ2n) is 5.24. The third-order valence-corrected chi connectivity index (χ3v) is 3.71. The normalized spacial score (nSPS) is 12.0. The fourth-order valence-corrected chi connectivity index (χ4v) is 2.47. The van der Waals surface area contributed by atoms with E-state index in [0.717, 1.165) is 23.4 Å². The van der Waals surface area contributed by atoms with E-state index >= 15 is 0 Å². The van der Waals surface area contributed by atoms with Crippen LogP contribution in [0.5, 0.6) is 5.75 Å². The Morgan fingerprint density at radius 3 is 2.32 bits per heavy atom. The van der Waals surface area contributed by atoms with Crippen molar-refractivity contribution in [3.8, 4) is 5.75 Å². The minimum Gasteiger partial charge on any atom is -0.496 e. The number of benzene rings is 2. The van der Waals surface area contributed by atoms with Crippen molar-refractivity contribution in [2.75, 3.05) is 14.2 Å². The Morgan fingerprint density at radius 2 is 1.80 bits per heavy atom. The van der Waals surface area contributed by atoms with E-state index in [1.807, 2.05) is 24.3 Å². The molecular weight excluding hydrogens is 329 g/mol. The van der Waals surface area contributed by atoms with Crippen LogP contribution in [0.3, 0.4) is 0 Å². The van der Waals surface area contributed by atoms with Crippen LogP contribution in [0.4, 0.5) is 13.2 Å². The maximum absolute atomic E-state index is 12.7. The highest BCUT2D eigenvalue weighted by Crippen LogP contribution is 2.29. The van der Waals surface area contributed by atoms with Gasteiger partial charge in [0.15, 0.2) is 0 Å². The zero-order valence-corrected chi connectivity index (χ0v) is 14.0. The number of aliphatic imine (C=N–C) groups is 1. The highest BCUT2D eigenvalue weighted by molar-refractivity contribution is 5.99. The quantitative estimate of drug-likeness (QED) is 0.576. The summed E-state index contributed by atoms with van der Waals surface area (Å²) < 4.78 is 43.5. The summed E-state index contributed by atoms with van der Waals surface area (Å²) in [7, 11) is 3.17. The van der Waals surface area contributed by atoms with Crippen LogP contribution in [0, 0.1) is 0 Å². The lowest BCUT2D eigenvalue weighted by Gasteiger charge is -2.23. The zero-order valence-electron chi connectivity index (χ0n) is 14.0. The smallest absolute Gasteiger partial charge is 0.416 e. The number of halogens is 3. The van der Waals surface area contributed by atoms with Gasteiger partial charge in [-0.1, -0.05) is 36.9 Å². The molecule has 2 rings (SSSR count). The summed E-state index contributed by atoms with van der Waals surface area (Å²) in [5.74, 6) is 1.24. The van der Waals surface area contributed by atoms with Gasteiger partial charge in [0, 0.05) is 18.2 Å². The average Bonchev–Trinajstić information content (AvgIpc) is 2.61. The standard InChI is InChI=1S/C19H19F3N2O/c1-4-24(13-15-7-5-6-8-17(15)25-3)18(23-2)14-9-11-16(12-10-14)19(20,21)22/h4-12H,1,13H2,2-3H3/b23-18-. The van der Waals surface area contributed by atoms with Gasteiger partial charge in [0.1, 0.15) is 11.6 Å². The van der Waals surface area contributed by atoms with Crippen molar-refractivity contribution < 1.29 is 17.9 Å². The SMILES string of the molecule is C=CN(Cc1ccccc1OC)/C(=N\C)c1ccc(C(F)(F)F)cc1. The molecule has 2 aromatic rings. The largest absolute Gasteiger partial charge is 0.496 e. The van der Waals surface area contributed by atoms with Crippen LogP contribution in [-0.2, 0) is 12.7 Å². The monoisotopic (exact) mass is 348 g/mol. The predicted octanol–water partition coefficient (Wildman–Crippen LogP) is 4.74. The lowest BCUT2D eigenvalue weighted by Crippen LogP contribution is -2.26. The lowest BCUT2D eigenvalue weighted by atomic mass is 10.1. The van der Waals surface area contributed by atoms with Gasteiger partial charge < -0.3 is 9.64 Å². The van der Waals surface area contributed by atoms with Gasteiger partial charge in [-0.25, -0.2) is 0 Å². The highest BCUT2D eigenvalue weighted by Gasteiger charge is 2.30. The van der Waals surface area contributed by atoms with Crippen molar-refractivity contribution in [3.05, 3.63) is 78.0 Å². The van der Waals surface area contributed by atoms with Crippen LogP contribution in [0.15, 0.2) is 66.3 Å². The van der Waals surface area contributed by atoms with Crippen molar-refractivity contribution in [3.63, 3.8) is 0 Å². The van der Waals surface area contributed by atoms with Gasteiger partial charge in [-0.2, -0.15) is 13.2 Å². The molecule has 132 valence electrons. The first-order chi connectivity index (χ1) is 11.9. The van der Waals surface area contributed by atoms with Crippen LogP contribution < -0.4 is 4.74 Å². The van der Waals surface area contributed by atoms with E-state index in [1.54, 1.807) is 25.3 Å². The summed E-state index contributed by atoms with van der Waals surface area (Å²) in [6, 6.07) is 12.4. The Balaban J connectivity index is 2.30. The van der Waals surface area contributed by atoms with E-state index in [4.69, 9.17) is 4.74 Å². The van der Waals surface area contributed by atoms with Gasteiger partial charge in [-0.15, -0.1) is 0 Å². The average molecular weight is 348 g/mol. The molecule has 0 aliphatic heterocycles. The van der Waals surface area contributed by atoms with E-state index in [0.29, 0.717) is 17.9 Å². The molecule has 0 unspecified atom stereocenters. The summed E-state index contributed by atoms with van der Waals surface area (Å²) in [5.41, 5.74) is 0.796. The van der Waals surface area contributed by atoms with Gasteiger partial charge in [0.05, 0.1) is 19.2 Å². The van der Waals surface area contributed by atoms with Crippen molar-refractivity contribution >= 4 is 5.84 Å². The fraction of sp³-hybridized carbons (Fsp3) is 0.211. The van der Waals surface area contributed by atoms with Crippen molar-refractivity contribution in [2.24, 2.45) is 4.99 Å². The molecule has 0 aliphatic carbocycles. The number of alkyl halides is 3. The Kier molecular flexibility index (Phi) is 5.85. The van der Waals surface area contributed by atoms with Crippen LogP contribution >= 0.6 is 0 Å². The van der Waals surface area contributed by atoms with E-state index in [2.05, 4.69) is 11.6 Å². The molecule has 3 nitrogen and oxygen atoms in total. The molecule has 2 aromatic carbocycles. The molecule has 0 saturated carbocycles. The van der Waals surface area contributed by atoms with Gasteiger partial charge >= 0.3 is 6.18 Å². The topological polar surface area (TPSA) is 24.8 Å². The van der Waals surface area contributed by atoms with Crippen LogP contribution in [0.1, 0.15) is 16.7 Å². The first-order valence-corrected chi connectivity index (χ1v) is 7.56. The Hall–Kier alpha value is -2.76. The maximum Gasteiger partial charge on any atom is 0.416 e. The zero-order chi connectivity index (χ0) is 18.4. The van der Waals surface area contributed by atoms with E-state index < -0.39 is 11.7 Å². The second-order valence-corrected chi connectivity index (χ2v) is 5.24. The van der Waals surface area contributed by atoms with Crippen molar-refractivity contribution in [1.82, 2.24) is 4.90 Å². The Morgan fingerprint density at radius 1 is 1.16 bits per heavy atom. The number of para-hydroxylation sites is 1. The third kappa shape index (κ3) is 4.41. The van der Waals surface area contributed by atoms with Gasteiger partial charge in [0.25, 0.3) is 0 Å². The maximum atomic E-state index is 12.7. The molecule has 0 radical (unpaired) electrons. The molecule has 0 fully saturated rings. The molecule has 0 bridgehead atoms. The summed E-state index contributed by atoms with van der Waals surface area (Å²) in [4.78, 5) is 5.99. The van der Waals surface area contributed by atoms with Crippen molar-refractivity contribution in [2.45, 2.75) is 12.7 Å². The number of nitrogens with zero attached hydrogens (tertiary/aromatic N) is 2. The molecule has 0 saturated heterocycles. The predicted molar refractivity (Wildman–Crippen MR) is 92.6 cm³/mol. The second kappa shape index (κ2) is 7.88. The van der Waals surface area contributed by atoms with E-state index in [1.165, 1.54) is 12.1 Å².